The van der Waals surface area contributed by atoms with Crippen molar-refractivity contribution in [1.82, 2.24) is 4.98 Å². The lowest BCUT2D eigenvalue weighted by Gasteiger charge is -2.10. The van der Waals surface area contributed by atoms with Crippen LogP contribution < -0.4 is 10.5 Å². The van der Waals surface area contributed by atoms with Crippen LogP contribution in [0.1, 0.15) is 16.7 Å². The minimum Gasteiger partial charge on any atom is -0.456 e. The van der Waals surface area contributed by atoms with Gasteiger partial charge in [-0.1, -0.05) is 11.6 Å². The molecule has 4 heteroatoms. The van der Waals surface area contributed by atoms with Gasteiger partial charge in [0.25, 0.3) is 0 Å². The monoisotopic (exact) mass is 262 g/mol. The Balaban J connectivity index is 2.28. The molecular formula is C14H15ClN2O. The zero-order valence-corrected chi connectivity index (χ0v) is 11.2. The highest BCUT2D eigenvalue weighted by Crippen LogP contribution is 2.29. The number of nitrogens with two attached hydrogens (primary N) is 1. The van der Waals surface area contributed by atoms with Crippen molar-refractivity contribution in [2.75, 3.05) is 0 Å². The molecule has 2 N–H and O–H groups in total. The van der Waals surface area contributed by atoms with Crippen LogP contribution in [0.25, 0.3) is 0 Å². The molecule has 94 valence electrons. The first kappa shape index (κ1) is 12.9. The van der Waals surface area contributed by atoms with E-state index in [9.17, 15) is 0 Å². The average Bonchev–Trinajstić information content (AvgIpc) is 2.36. The van der Waals surface area contributed by atoms with Crippen molar-refractivity contribution in [3.8, 4) is 11.5 Å². The normalized spacial score (nSPS) is 10.4. The molecule has 0 spiro atoms. The molecule has 0 saturated heterocycles. The van der Waals surface area contributed by atoms with E-state index in [4.69, 9.17) is 22.1 Å². The van der Waals surface area contributed by atoms with Gasteiger partial charge >= 0.3 is 0 Å². The van der Waals surface area contributed by atoms with Crippen LogP contribution in [0.4, 0.5) is 0 Å². The molecule has 0 bridgehead atoms. The number of hydrogen-bond donors (Lipinski definition) is 1. The molecule has 2 rings (SSSR count). The van der Waals surface area contributed by atoms with Crippen molar-refractivity contribution in [3.05, 3.63) is 52.3 Å². The minimum absolute atomic E-state index is 0.447. The number of ether oxygens (including phenoxy) is 1. The van der Waals surface area contributed by atoms with Crippen LogP contribution in [-0.4, -0.2) is 4.98 Å². The van der Waals surface area contributed by atoms with E-state index in [1.807, 2.05) is 32.0 Å². The zero-order chi connectivity index (χ0) is 13.1. The summed E-state index contributed by atoms with van der Waals surface area (Å²) >= 11 is 6.12. The Hall–Kier alpha value is -1.58. The predicted octanol–water partition coefficient (Wildman–Crippen LogP) is 3.60. The summed E-state index contributed by atoms with van der Waals surface area (Å²) in [5.74, 6) is 1.43. The number of hydrogen-bond acceptors (Lipinski definition) is 3. The summed E-state index contributed by atoms with van der Waals surface area (Å²) in [5.41, 5.74) is 8.50. The predicted molar refractivity (Wildman–Crippen MR) is 73.1 cm³/mol. The molecule has 0 aliphatic carbocycles. The molecule has 1 aromatic heterocycles. The van der Waals surface area contributed by atoms with E-state index in [1.54, 1.807) is 12.4 Å². The molecule has 0 saturated carbocycles. The van der Waals surface area contributed by atoms with Gasteiger partial charge < -0.3 is 10.5 Å². The van der Waals surface area contributed by atoms with Gasteiger partial charge in [-0.3, -0.25) is 4.98 Å². The molecule has 2 aromatic rings. The van der Waals surface area contributed by atoms with Crippen LogP contribution in [0.2, 0.25) is 5.02 Å². The molecule has 0 fully saturated rings. The van der Waals surface area contributed by atoms with Gasteiger partial charge in [-0.2, -0.15) is 0 Å². The second-order valence-electron chi connectivity index (χ2n) is 4.21. The fourth-order valence-electron chi connectivity index (χ4n) is 1.73. The minimum atomic E-state index is 0.447. The highest BCUT2D eigenvalue weighted by atomic mass is 35.5. The lowest BCUT2D eigenvalue weighted by molar-refractivity contribution is 0.478. The van der Waals surface area contributed by atoms with Crippen LogP contribution in [0.3, 0.4) is 0 Å². The van der Waals surface area contributed by atoms with Crippen molar-refractivity contribution in [2.24, 2.45) is 5.73 Å². The number of halogens is 1. The maximum absolute atomic E-state index is 6.12. The van der Waals surface area contributed by atoms with Gasteiger partial charge in [-0.15, -0.1) is 0 Å². The average molecular weight is 263 g/mol. The van der Waals surface area contributed by atoms with Crippen molar-refractivity contribution < 1.29 is 4.74 Å². The maximum atomic E-state index is 6.12. The van der Waals surface area contributed by atoms with E-state index < -0.39 is 0 Å². The molecule has 18 heavy (non-hydrogen) atoms. The number of benzene rings is 1. The molecule has 0 aliphatic rings. The summed E-state index contributed by atoms with van der Waals surface area (Å²) in [4.78, 5) is 4.08. The Morgan fingerprint density at radius 3 is 2.39 bits per heavy atom. The highest BCUT2D eigenvalue weighted by Gasteiger charge is 2.05. The second kappa shape index (κ2) is 5.38. The molecule has 0 aliphatic heterocycles. The van der Waals surface area contributed by atoms with E-state index in [-0.39, 0.29) is 0 Å². The summed E-state index contributed by atoms with van der Waals surface area (Å²) in [6.07, 6.45) is 3.39. The van der Waals surface area contributed by atoms with Crippen LogP contribution in [0, 0.1) is 13.8 Å². The Bertz CT molecular complexity index is 546. The van der Waals surface area contributed by atoms with Gasteiger partial charge in [0, 0.05) is 17.8 Å². The fraction of sp³-hybridized carbons (Fsp3) is 0.214. The molecular weight excluding hydrogens is 248 g/mol. The number of nitrogens with zero attached hydrogens (tertiary/aromatic N) is 1. The van der Waals surface area contributed by atoms with Gasteiger partial charge in [0.2, 0.25) is 0 Å². The number of aromatic nitrogens is 1. The molecule has 0 amide bonds. The zero-order valence-electron chi connectivity index (χ0n) is 10.4. The summed E-state index contributed by atoms with van der Waals surface area (Å²) in [5, 5.41) is 0.774. The number of aryl methyl sites for hydroxylation is 2. The molecule has 1 aromatic carbocycles. The largest absolute Gasteiger partial charge is 0.456 e. The SMILES string of the molecule is Cc1cc(Oc2cncc(CN)c2)cc(C)c1Cl. The Labute approximate surface area is 112 Å². The van der Waals surface area contributed by atoms with Crippen LogP contribution in [-0.2, 0) is 6.54 Å². The van der Waals surface area contributed by atoms with E-state index in [2.05, 4.69) is 4.98 Å². The summed E-state index contributed by atoms with van der Waals surface area (Å²) < 4.78 is 5.76. The quantitative estimate of drug-likeness (QED) is 0.919. The first-order valence-corrected chi connectivity index (χ1v) is 6.06. The molecule has 0 radical (unpaired) electrons. The van der Waals surface area contributed by atoms with Crippen molar-refractivity contribution in [1.29, 1.82) is 0 Å². The molecule has 3 nitrogen and oxygen atoms in total. The van der Waals surface area contributed by atoms with Crippen LogP contribution in [0.5, 0.6) is 11.5 Å². The van der Waals surface area contributed by atoms with Crippen LogP contribution in [0.15, 0.2) is 30.6 Å². The molecule has 1 heterocycles. The van der Waals surface area contributed by atoms with E-state index >= 15 is 0 Å². The second-order valence-corrected chi connectivity index (χ2v) is 4.58. The molecule has 0 atom stereocenters. The van der Waals surface area contributed by atoms with Gasteiger partial charge in [-0.05, 0) is 48.7 Å². The maximum Gasteiger partial charge on any atom is 0.146 e. The van der Waals surface area contributed by atoms with Gasteiger partial charge in [0.15, 0.2) is 0 Å². The molecule has 0 unspecified atom stereocenters. The third-order valence-corrected chi connectivity index (χ3v) is 3.25. The first-order valence-electron chi connectivity index (χ1n) is 5.68. The first-order chi connectivity index (χ1) is 8.60. The number of pyridine rings is 1. The van der Waals surface area contributed by atoms with Gasteiger partial charge in [-0.25, -0.2) is 0 Å². The van der Waals surface area contributed by atoms with Crippen LogP contribution >= 0.6 is 11.6 Å². The van der Waals surface area contributed by atoms with Crippen molar-refractivity contribution >= 4 is 11.6 Å². The lowest BCUT2D eigenvalue weighted by Crippen LogP contribution is -1.97. The van der Waals surface area contributed by atoms with Crippen molar-refractivity contribution in [3.63, 3.8) is 0 Å². The van der Waals surface area contributed by atoms with E-state index in [0.717, 1.165) is 27.5 Å². The van der Waals surface area contributed by atoms with E-state index in [0.29, 0.717) is 12.3 Å². The Kier molecular flexibility index (Phi) is 3.84. The Morgan fingerprint density at radius 1 is 1.11 bits per heavy atom. The summed E-state index contributed by atoms with van der Waals surface area (Å²) in [6.45, 7) is 4.36. The third-order valence-electron chi connectivity index (χ3n) is 2.65. The summed E-state index contributed by atoms with van der Waals surface area (Å²) in [6, 6.07) is 5.70. The van der Waals surface area contributed by atoms with Gasteiger partial charge in [0.05, 0.1) is 6.20 Å². The third kappa shape index (κ3) is 2.81. The standard InChI is InChI=1S/C14H15ClN2O/c1-9-3-12(4-10(2)14(9)15)18-13-5-11(6-16)7-17-8-13/h3-5,7-8H,6,16H2,1-2H3. The number of rotatable bonds is 3. The van der Waals surface area contributed by atoms with E-state index in [1.165, 1.54) is 0 Å². The summed E-state index contributed by atoms with van der Waals surface area (Å²) in [7, 11) is 0. The highest BCUT2D eigenvalue weighted by molar-refractivity contribution is 6.32. The smallest absolute Gasteiger partial charge is 0.146 e. The Morgan fingerprint density at radius 2 is 1.78 bits per heavy atom. The van der Waals surface area contributed by atoms with Gasteiger partial charge in [0.1, 0.15) is 11.5 Å². The van der Waals surface area contributed by atoms with Crippen molar-refractivity contribution in [2.45, 2.75) is 20.4 Å². The topological polar surface area (TPSA) is 48.1 Å². The fourth-order valence-corrected chi connectivity index (χ4v) is 1.84. The lowest BCUT2D eigenvalue weighted by atomic mass is 10.1.